The largest absolute Gasteiger partial charge is 0.300 e. The van der Waals surface area contributed by atoms with E-state index in [-0.39, 0.29) is 22.8 Å². The quantitative estimate of drug-likeness (QED) is 0.795. The van der Waals surface area contributed by atoms with Crippen molar-refractivity contribution in [2.75, 3.05) is 4.90 Å². The molecule has 1 aromatic heterocycles. The number of aryl methyl sites for hydroxylation is 1. The molecule has 0 bridgehead atoms. The topological polar surface area (TPSA) is 55.2 Å². The highest BCUT2D eigenvalue weighted by Crippen LogP contribution is 2.34. The summed E-state index contributed by atoms with van der Waals surface area (Å²) in [5, 5.41) is 3.82. The highest BCUT2D eigenvalue weighted by Gasteiger charge is 2.36. The Morgan fingerprint density at radius 2 is 2.10 bits per heavy atom. The number of nitrogens with zero attached hydrogens (tertiary/aromatic N) is 3. The van der Waals surface area contributed by atoms with Crippen LogP contribution < -0.4 is 4.90 Å². The molecule has 0 spiro atoms. The van der Waals surface area contributed by atoms with Crippen LogP contribution >= 0.6 is 11.6 Å². The van der Waals surface area contributed by atoms with Crippen LogP contribution in [0.1, 0.15) is 15.9 Å². The van der Waals surface area contributed by atoms with Gasteiger partial charge in [0.2, 0.25) is 0 Å². The average Bonchev–Trinajstić information content (AvgIpc) is 2.90. The first-order valence-corrected chi connectivity index (χ1v) is 6.18. The molecular weight excluding hydrogens is 285 g/mol. The first-order valence-electron chi connectivity index (χ1n) is 5.80. The monoisotopic (exact) mass is 293 g/mol. The smallest absolute Gasteiger partial charge is 0.299 e. The van der Waals surface area contributed by atoms with Crippen molar-refractivity contribution in [3.8, 4) is 0 Å². The van der Waals surface area contributed by atoms with Gasteiger partial charge in [-0.15, -0.1) is 0 Å². The second-order valence-corrected chi connectivity index (χ2v) is 4.93. The van der Waals surface area contributed by atoms with Gasteiger partial charge in [0.15, 0.2) is 0 Å². The summed E-state index contributed by atoms with van der Waals surface area (Å²) in [6, 6.07) is 2.30. The Bertz CT molecular complexity index is 741. The normalized spacial score (nSPS) is 14.1. The zero-order valence-corrected chi connectivity index (χ0v) is 11.2. The molecule has 1 aromatic carbocycles. The van der Waals surface area contributed by atoms with Crippen molar-refractivity contribution in [1.29, 1.82) is 0 Å². The van der Waals surface area contributed by atoms with Gasteiger partial charge in [-0.3, -0.25) is 14.3 Å². The van der Waals surface area contributed by atoms with Crippen molar-refractivity contribution in [3.63, 3.8) is 0 Å². The third kappa shape index (κ3) is 1.89. The van der Waals surface area contributed by atoms with Gasteiger partial charge in [-0.2, -0.15) is 5.10 Å². The number of fused-ring (bicyclic) bond motifs is 1. The van der Waals surface area contributed by atoms with Crippen LogP contribution in [0, 0.1) is 5.82 Å². The summed E-state index contributed by atoms with van der Waals surface area (Å²) in [7, 11) is 1.74. The van der Waals surface area contributed by atoms with E-state index in [4.69, 9.17) is 11.6 Å². The van der Waals surface area contributed by atoms with E-state index in [1.165, 1.54) is 11.0 Å². The van der Waals surface area contributed by atoms with E-state index in [0.717, 1.165) is 11.6 Å². The molecule has 0 aliphatic carbocycles. The van der Waals surface area contributed by atoms with Crippen molar-refractivity contribution in [2.24, 2.45) is 7.05 Å². The minimum atomic E-state index is -0.689. The lowest BCUT2D eigenvalue weighted by Crippen LogP contribution is -2.29. The summed E-state index contributed by atoms with van der Waals surface area (Å²) in [5.41, 5.74) is 1.12. The average molecular weight is 294 g/mol. The summed E-state index contributed by atoms with van der Waals surface area (Å²) in [6.45, 7) is 0.159. The Balaban J connectivity index is 2.03. The van der Waals surface area contributed by atoms with E-state index in [1.54, 1.807) is 24.1 Å². The van der Waals surface area contributed by atoms with Gasteiger partial charge < -0.3 is 4.90 Å². The summed E-state index contributed by atoms with van der Waals surface area (Å²) in [5.74, 6) is -2.03. The maximum atomic E-state index is 13.5. The predicted octanol–water partition coefficient (Wildman–Crippen LogP) is 1.94. The molecule has 20 heavy (non-hydrogen) atoms. The summed E-state index contributed by atoms with van der Waals surface area (Å²) >= 11 is 5.65. The van der Waals surface area contributed by atoms with E-state index in [0.29, 0.717) is 0 Å². The predicted molar refractivity (Wildman–Crippen MR) is 70.1 cm³/mol. The van der Waals surface area contributed by atoms with Crippen LogP contribution in [-0.4, -0.2) is 21.5 Å². The van der Waals surface area contributed by atoms with Crippen molar-refractivity contribution < 1.29 is 14.0 Å². The fourth-order valence-corrected chi connectivity index (χ4v) is 2.35. The maximum absolute atomic E-state index is 13.5. The van der Waals surface area contributed by atoms with Crippen molar-refractivity contribution in [1.82, 2.24) is 9.78 Å². The number of ketones is 1. The van der Waals surface area contributed by atoms with Crippen LogP contribution in [0.2, 0.25) is 5.02 Å². The van der Waals surface area contributed by atoms with Crippen LogP contribution in [0.5, 0.6) is 0 Å². The van der Waals surface area contributed by atoms with Crippen LogP contribution in [0.15, 0.2) is 24.5 Å². The molecule has 0 N–H and O–H groups in total. The van der Waals surface area contributed by atoms with Crippen LogP contribution in [0.4, 0.5) is 10.1 Å². The second-order valence-electron chi connectivity index (χ2n) is 4.53. The zero-order valence-electron chi connectivity index (χ0n) is 10.4. The SMILES string of the molecule is Cn1cc(CN2C(=O)C(=O)c3cc(Cl)c(F)cc32)cn1. The fourth-order valence-electron chi connectivity index (χ4n) is 2.18. The highest BCUT2D eigenvalue weighted by molar-refractivity contribution is 6.52. The Labute approximate surface area is 118 Å². The van der Waals surface area contributed by atoms with Gasteiger partial charge in [-0.25, -0.2) is 4.39 Å². The van der Waals surface area contributed by atoms with Gasteiger partial charge in [0.25, 0.3) is 11.7 Å². The first-order chi connectivity index (χ1) is 9.47. The number of halogens is 2. The lowest BCUT2D eigenvalue weighted by Gasteiger charge is -2.15. The van der Waals surface area contributed by atoms with E-state index in [2.05, 4.69) is 5.10 Å². The molecule has 0 atom stereocenters. The standard InChI is InChI=1S/C13H9ClFN3O2/c1-17-5-7(4-16-17)6-18-11-3-10(15)9(14)2-8(11)12(19)13(18)20/h2-5H,6H2,1H3. The molecule has 2 aromatic rings. The van der Waals surface area contributed by atoms with Gasteiger partial charge in [-0.1, -0.05) is 11.6 Å². The number of rotatable bonds is 2. The molecule has 5 nitrogen and oxygen atoms in total. The molecule has 0 radical (unpaired) electrons. The molecule has 0 saturated heterocycles. The number of benzene rings is 1. The summed E-state index contributed by atoms with van der Waals surface area (Å²) in [4.78, 5) is 25.1. The second kappa shape index (κ2) is 4.42. The van der Waals surface area contributed by atoms with Crippen molar-refractivity contribution >= 4 is 29.0 Å². The number of anilines is 1. The fraction of sp³-hybridized carbons (Fsp3) is 0.154. The minimum absolute atomic E-state index is 0.130. The molecular formula is C13H9ClFN3O2. The van der Waals surface area contributed by atoms with Gasteiger partial charge in [0, 0.05) is 18.8 Å². The van der Waals surface area contributed by atoms with Crippen LogP contribution in [0.25, 0.3) is 0 Å². The number of carbonyl (C=O) groups is 2. The summed E-state index contributed by atoms with van der Waals surface area (Å²) < 4.78 is 15.1. The highest BCUT2D eigenvalue weighted by atomic mass is 35.5. The van der Waals surface area contributed by atoms with E-state index in [1.807, 2.05) is 0 Å². The molecule has 1 aliphatic rings. The van der Waals surface area contributed by atoms with Crippen LogP contribution in [-0.2, 0) is 18.4 Å². The molecule has 0 fully saturated rings. The third-order valence-corrected chi connectivity index (χ3v) is 3.40. The Morgan fingerprint density at radius 1 is 1.35 bits per heavy atom. The Hall–Kier alpha value is -2.21. The zero-order chi connectivity index (χ0) is 14.4. The first kappa shape index (κ1) is 12.8. The maximum Gasteiger partial charge on any atom is 0.299 e. The van der Waals surface area contributed by atoms with Gasteiger partial charge in [-0.05, 0) is 12.1 Å². The van der Waals surface area contributed by atoms with Gasteiger partial charge >= 0.3 is 0 Å². The molecule has 7 heteroatoms. The Morgan fingerprint density at radius 3 is 2.75 bits per heavy atom. The van der Waals surface area contributed by atoms with Gasteiger partial charge in [0.05, 0.1) is 29.0 Å². The Kier molecular flexibility index (Phi) is 2.83. The van der Waals surface area contributed by atoms with Crippen LogP contribution in [0.3, 0.4) is 0 Å². The molecule has 3 rings (SSSR count). The molecule has 2 heterocycles. The van der Waals surface area contributed by atoms with E-state index in [9.17, 15) is 14.0 Å². The molecule has 1 amide bonds. The minimum Gasteiger partial charge on any atom is -0.300 e. The van der Waals surface area contributed by atoms with Crippen molar-refractivity contribution in [3.05, 3.63) is 46.5 Å². The third-order valence-electron chi connectivity index (χ3n) is 3.11. The number of hydrogen-bond donors (Lipinski definition) is 0. The number of Topliss-reactive ketones (excluding diaryl/α,β-unsaturated/α-hetero) is 1. The van der Waals surface area contributed by atoms with Gasteiger partial charge in [0.1, 0.15) is 5.82 Å². The number of aromatic nitrogens is 2. The van der Waals surface area contributed by atoms with E-state index >= 15 is 0 Å². The van der Waals surface area contributed by atoms with Crippen molar-refractivity contribution in [2.45, 2.75) is 6.54 Å². The molecule has 1 aliphatic heterocycles. The summed E-state index contributed by atoms with van der Waals surface area (Å²) in [6.07, 6.45) is 3.31. The number of hydrogen-bond acceptors (Lipinski definition) is 3. The molecule has 0 unspecified atom stereocenters. The number of carbonyl (C=O) groups excluding carboxylic acids is 2. The lowest BCUT2D eigenvalue weighted by atomic mass is 10.1. The lowest BCUT2D eigenvalue weighted by molar-refractivity contribution is -0.114. The molecule has 0 saturated carbocycles. The molecule has 102 valence electrons. The van der Waals surface area contributed by atoms with E-state index < -0.39 is 17.5 Å². The number of amides is 1.